The van der Waals surface area contributed by atoms with Gasteiger partial charge in [0.2, 0.25) is 11.8 Å². The lowest BCUT2D eigenvalue weighted by atomic mass is 9.68. The van der Waals surface area contributed by atoms with Crippen molar-refractivity contribution in [2.24, 2.45) is 17.8 Å². The van der Waals surface area contributed by atoms with Crippen LogP contribution in [-0.2, 0) is 27.5 Å². The predicted octanol–water partition coefficient (Wildman–Crippen LogP) is 4.67. The second-order valence-electron chi connectivity index (χ2n) is 13.2. The number of hydrogen-bond acceptors (Lipinski definition) is 8. The summed E-state index contributed by atoms with van der Waals surface area (Å²) in [5.41, 5.74) is 4.56. The third kappa shape index (κ3) is 7.26. The number of aliphatic hydroxyl groups excluding tert-OH is 3. The molecule has 2 aromatic carbocycles. The SMILES string of the molecule is COCC1=C([C@H](O)CC/C(=C/c2ccc(CO)o2)c2ccccc2)[C@H](CO)[C@@H]2C(=O)N(C3CCN(Cc4ccccc4)CC3)C(=O)[C@@H]2C1. The number of rotatable bonds is 13. The molecule has 6 rings (SSSR count). The van der Waals surface area contributed by atoms with Crippen LogP contribution in [0.15, 0.2) is 88.4 Å². The number of allylic oxidation sites excluding steroid dienone is 1. The summed E-state index contributed by atoms with van der Waals surface area (Å²) < 4.78 is 11.3. The number of carbonyl (C=O) groups excluding carboxylic acids is 2. The Hall–Kier alpha value is -3.86. The minimum atomic E-state index is -0.955. The summed E-state index contributed by atoms with van der Waals surface area (Å²) in [5, 5.41) is 32.0. The van der Waals surface area contributed by atoms with Gasteiger partial charge in [0.25, 0.3) is 0 Å². The molecule has 0 bridgehead atoms. The Kier molecular flexibility index (Phi) is 11.0. The largest absolute Gasteiger partial charge is 0.459 e. The number of methoxy groups -OCH3 is 1. The van der Waals surface area contributed by atoms with E-state index in [4.69, 9.17) is 9.15 Å². The minimum absolute atomic E-state index is 0.165. The van der Waals surface area contributed by atoms with Crippen molar-refractivity contribution in [3.63, 3.8) is 0 Å². The number of ether oxygens (including phenoxy) is 1. The second kappa shape index (κ2) is 15.6. The van der Waals surface area contributed by atoms with Gasteiger partial charge in [-0.3, -0.25) is 19.4 Å². The van der Waals surface area contributed by atoms with E-state index >= 15 is 0 Å². The van der Waals surface area contributed by atoms with Gasteiger partial charge in [-0.05, 0) is 78.2 Å². The Morgan fingerprint density at radius 1 is 0.979 bits per heavy atom. The summed E-state index contributed by atoms with van der Waals surface area (Å²) in [6, 6.07) is 23.5. The first kappa shape index (κ1) is 34.0. The number of piperidine rings is 1. The van der Waals surface area contributed by atoms with Gasteiger partial charge in [0.1, 0.15) is 18.1 Å². The van der Waals surface area contributed by atoms with Gasteiger partial charge in [-0.2, -0.15) is 0 Å². The van der Waals surface area contributed by atoms with Gasteiger partial charge in [-0.15, -0.1) is 0 Å². The Labute approximate surface area is 282 Å². The number of imide groups is 1. The van der Waals surface area contributed by atoms with Crippen LogP contribution in [0.5, 0.6) is 0 Å². The zero-order valence-corrected chi connectivity index (χ0v) is 27.5. The van der Waals surface area contributed by atoms with E-state index in [0.29, 0.717) is 49.2 Å². The number of hydrogen-bond donors (Lipinski definition) is 3. The lowest BCUT2D eigenvalue weighted by Crippen LogP contribution is -2.47. The van der Waals surface area contributed by atoms with Gasteiger partial charge in [0.15, 0.2) is 0 Å². The van der Waals surface area contributed by atoms with Gasteiger partial charge in [-0.25, -0.2) is 0 Å². The molecule has 2 saturated heterocycles. The van der Waals surface area contributed by atoms with E-state index in [0.717, 1.165) is 36.3 Å². The lowest BCUT2D eigenvalue weighted by molar-refractivity contribution is -0.144. The molecule has 3 aromatic rings. The number of amides is 2. The third-order valence-corrected chi connectivity index (χ3v) is 10.3. The summed E-state index contributed by atoms with van der Waals surface area (Å²) in [7, 11) is 1.58. The lowest BCUT2D eigenvalue weighted by Gasteiger charge is -2.37. The van der Waals surface area contributed by atoms with E-state index in [2.05, 4.69) is 17.0 Å². The highest BCUT2D eigenvalue weighted by Crippen LogP contribution is 2.47. The van der Waals surface area contributed by atoms with Crippen molar-refractivity contribution < 1.29 is 34.1 Å². The number of fused-ring (bicyclic) bond motifs is 1. The van der Waals surface area contributed by atoms with Crippen LogP contribution < -0.4 is 0 Å². The topological polar surface area (TPSA) is 124 Å². The molecule has 254 valence electrons. The molecule has 0 spiro atoms. The molecule has 0 unspecified atom stereocenters. The molecule has 2 fully saturated rings. The van der Waals surface area contributed by atoms with Crippen LogP contribution in [-0.4, -0.2) is 82.5 Å². The number of likely N-dealkylation sites (tertiary alicyclic amines) is 2. The first-order valence-corrected chi connectivity index (χ1v) is 17.0. The number of furan rings is 1. The maximum Gasteiger partial charge on any atom is 0.234 e. The molecule has 3 heterocycles. The fourth-order valence-electron chi connectivity index (χ4n) is 7.96. The number of benzene rings is 2. The molecule has 9 nitrogen and oxygen atoms in total. The quantitative estimate of drug-likeness (QED) is 0.180. The third-order valence-electron chi connectivity index (χ3n) is 10.3. The molecule has 3 N–H and O–H groups in total. The van der Waals surface area contributed by atoms with E-state index in [1.807, 2.05) is 54.6 Å². The van der Waals surface area contributed by atoms with Gasteiger partial charge >= 0.3 is 0 Å². The van der Waals surface area contributed by atoms with Gasteiger partial charge in [0, 0.05) is 38.7 Å². The van der Waals surface area contributed by atoms with E-state index in [1.54, 1.807) is 19.2 Å². The average molecular weight is 655 g/mol. The summed E-state index contributed by atoms with van der Waals surface area (Å²) in [5.74, 6) is -1.28. The molecule has 4 atom stereocenters. The van der Waals surface area contributed by atoms with Crippen molar-refractivity contribution in [1.82, 2.24) is 9.80 Å². The molecule has 2 amide bonds. The molecule has 2 aliphatic heterocycles. The van der Waals surface area contributed by atoms with Crippen LogP contribution in [0.1, 0.15) is 54.8 Å². The fraction of sp³-hybridized carbons (Fsp3) is 0.436. The monoisotopic (exact) mass is 654 g/mol. The van der Waals surface area contributed by atoms with Crippen LogP contribution in [0.4, 0.5) is 0 Å². The summed E-state index contributed by atoms with van der Waals surface area (Å²) in [4.78, 5) is 31.9. The fourth-order valence-corrected chi connectivity index (χ4v) is 7.96. The van der Waals surface area contributed by atoms with Crippen molar-refractivity contribution in [3.8, 4) is 0 Å². The first-order valence-electron chi connectivity index (χ1n) is 17.0. The molecule has 3 aliphatic rings. The minimum Gasteiger partial charge on any atom is -0.459 e. The highest BCUT2D eigenvalue weighted by molar-refractivity contribution is 6.06. The number of carbonyl (C=O) groups is 2. The van der Waals surface area contributed by atoms with Crippen LogP contribution in [0.25, 0.3) is 11.6 Å². The highest BCUT2D eigenvalue weighted by Gasteiger charge is 2.56. The molecule has 9 heteroatoms. The van der Waals surface area contributed by atoms with Crippen molar-refractivity contribution in [1.29, 1.82) is 0 Å². The van der Waals surface area contributed by atoms with Crippen molar-refractivity contribution in [3.05, 3.63) is 107 Å². The Bertz CT molecular complexity index is 1610. The van der Waals surface area contributed by atoms with Gasteiger partial charge in [0.05, 0.1) is 31.2 Å². The van der Waals surface area contributed by atoms with Gasteiger partial charge < -0.3 is 24.5 Å². The van der Waals surface area contributed by atoms with Crippen LogP contribution in [0.3, 0.4) is 0 Å². The van der Waals surface area contributed by atoms with Crippen LogP contribution >= 0.6 is 0 Å². The first-order chi connectivity index (χ1) is 23.4. The predicted molar refractivity (Wildman–Crippen MR) is 182 cm³/mol. The number of aliphatic hydroxyl groups is 3. The van der Waals surface area contributed by atoms with Crippen molar-refractivity contribution >= 4 is 23.5 Å². The van der Waals surface area contributed by atoms with E-state index in [9.17, 15) is 24.9 Å². The molecule has 1 aromatic heterocycles. The molecule has 48 heavy (non-hydrogen) atoms. The summed E-state index contributed by atoms with van der Waals surface area (Å²) >= 11 is 0. The van der Waals surface area contributed by atoms with E-state index in [1.165, 1.54) is 10.5 Å². The number of nitrogens with zero attached hydrogens (tertiary/aromatic N) is 2. The second-order valence-corrected chi connectivity index (χ2v) is 13.2. The van der Waals surface area contributed by atoms with Crippen LogP contribution in [0, 0.1) is 17.8 Å². The van der Waals surface area contributed by atoms with E-state index in [-0.39, 0.29) is 37.7 Å². The smallest absolute Gasteiger partial charge is 0.234 e. The van der Waals surface area contributed by atoms with Crippen molar-refractivity contribution in [2.75, 3.05) is 33.4 Å². The maximum atomic E-state index is 14.1. The van der Waals surface area contributed by atoms with Crippen molar-refractivity contribution in [2.45, 2.75) is 57.4 Å². The molecule has 0 radical (unpaired) electrons. The highest BCUT2D eigenvalue weighted by atomic mass is 16.5. The molecular formula is C39H46N2O7. The Balaban J connectivity index is 1.19. The zero-order chi connectivity index (χ0) is 33.6. The van der Waals surface area contributed by atoms with E-state index < -0.39 is 23.9 Å². The molecule has 0 saturated carbocycles. The zero-order valence-electron chi connectivity index (χ0n) is 27.5. The maximum absolute atomic E-state index is 14.1. The van der Waals surface area contributed by atoms with Gasteiger partial charge in [-0.1, -0.05) is 60.7 Å². The summed E-state index contributed by atoms with van der Waals surface area (Å²) in [6.45, 7) is 2.10. The molecule has 1 aliphatic carbocycles. The standard InChI is InChI=1S/C39H46N2O7/c1-47-25-29-21-33-37(39(46)41(38(33)45)30-16-18-40(19-17-30)22-26-8-4-2-5-9-26)34(24-43)36(29)35(44)15-12-28(27-10-6-3-7-11-27)20-31-13-14-32(23-42)48-31/h2-11,13-14,20,30,33-35,37,42-44H,12,15-19,21-25H2,1H3/b28-20-/t33-,34+,35-,37-/m1/s1. The Morgan fingerprint density at radius 3 is 2.33 bits per heavy atom. The van der Waals surface area contributed by atoms with Crippen LogP contribution in [0.2, 0.25) is 0 Å². The average Bonchev–Trinajstić information content (AvgIpc) is 3.68. The normalized spacial score (nSPS) is 23.2. The summed E-state index contributed by atoms with van der Waals surface area (Å²) in [6.07, 6.45) is 3.52. The molecular weight excluding hydrogens is 608 g/mol. The Morgan fingerprint density at radius 2 is 1.69 bits per heavy atom.